The van der Waals surface area contributed by atoms with Gasteiger partial charge in [0.15, 0.2) is 0 Å². The van der Waals surface area contributed by atoms with Gasteiger partial charge < -0.3 is 4.74 Å². The first-order valence-corrected chi connectivity index (χ1v) is 9.03. The number of carbonyl (C=O) groups is 1. The summed E-state index contributed by atoms with van der Waals surface area (Å²) in [6.07, 6.45) is 1.69. The van der Waals surface area contributed by atoms with Crippen molar-refractivity contribution in [3.63, 3.8) is 0 Å². The molecule has 4 nitrogen and oxygen atoms in total. The molecule has 0 radical (unpaired) electrons. The highest BCUT2D eigenvalue weighted by Gasteiger charge is 2.50. The zero-order chi connectivity index (χ0) is 17.6. The summed E-state index contributed by atoms with van der Waals surface area (Å²) in [5, 5.41) is 1.23. The van der Waals surface area contributed by atoms with Crippen LogP contribution in [0.5, 0.6) is 5.75 Å². The van der Waals surface area contributed by atoms with Crippen molar-refractivity contribution in [3.8, 4) is 5.75 Å². The van der Waals surface area contributed by atoms with E-state index in [2.05, 4.69) is 4.90 Å². The van der Waals surface area contributed by atoms with Gasteiger partial charge in [-0.1, -0.05) is 35.3 Å². The van der Waals surface area contributed by atoms with Gasteiger partial charge in [0.1, 0.15) is 11.9 Å². The number of halogens is 2. The molecular weight excluding hydrogens is 359 g/mol. The van der Waals surface area contributed by atoms with Crippen LogP contribution in [0.1, 0.15) is 24.6 Å². The molecule has 130 valence electrons. The predicted molar refractivity (Wildman–Crippen MR) is 99.4 cm³/mol. The topological polar surface area (TPSA) is 32.8 Å². The summed E-state index contributed by atoms with van der Waals surface area (Å²) in [5.41, 5.74) is 1.69. The molecule has 6 heteroatoms. The van der Waals surface area contributed by atoms with Crippen LogP contribution in [0, 0.1) is 0 Å². The van der Waals surface area contributed by atoms with Gasteiger partial charge in [-0.15, -0.1) is 0 Å². The van der Waals surface area contributed by atoms with Crippen molar-refractivity contribution < 1.29 is 9.53 Å². The molecule has 2 atom stereocenters. The van der Waals surface area contributed by atoms with Crippen LogP contribution in [0.25, 0.3) is 0 Å². The van der Waals surface area contributed by atoms with Crippen molar-refractivity contribution in [2.45, 2.75) is 25.0 Å². The number of methoxy groups -OCH3 is 1. The van der Waals surface area contributed by atoms with E-state index in [0.717, 1.165) is 24.9 Å². The summed E-state index contributed by atoms with van der Waals surface area (Å²) < 4.78 is 5.49. The van der Waals surface area contributed by atoms with E-state index < -0.39 is 0 Å². The lowest BCUT2D eigenvalue weighted by Gasteiger charge is -2.30. The molecule has 0 saturated carbocycles. The minimum absolute atomic E-state index is 0.0862. The van der Waals surface area contributed by atoms with E-state index in [4.69, 9.17) is 27.9 Å². The second kappa shape index (κ2) is 6.52. The van der Waals surface area contributed by atoms with Gasteiger partial charge in [-0.2, -0.15) is 0 Å². The third-order valence-corrected chi connectivity index (χ3v) is 5.39. The molecule has 2 aliphatic heterocycles. The van der Waals surface area contributed by atoms with E-state index in [9.17, 15) is 4.79 Å². The quantitative estimate of drug-likeness (QED) is 0.789. The fourth-order valence-electron chi connectivity index (χ4n) is 3.89. The predicted octanol–water partition coefficient (Wildman–Crippen LogP) is 4.51. The van der Waals surface area contributed by atoms with Crippen molar-refractivity contribution in [3.05, 3.63) is 58.1 Å². The number of hydrogen-bond donors (Lipinski definition) is 0. The maximum atomic E-state index is 13.2. The van der Waals surface area contributed by atoms with Gasteiger partial charge in [-0.05, 0) is 48.7 Å². The van der Waals surface area contributed by atoms with Crippen LogP contribution in [0.4, 0.5) is 5.69 Å². The Hall–Kier alpha value is -1.75. The minimum Gasteiger partial charge on any atom is -0.495 e. The maximum Gasteiger partial charge on any atom is 0.246 e. The number of ether oxygens (including phenoxy) is 1. The van der Waals surface area contributed by atoms with Gasteiger partial charge in [0.25, 0.3) is 0 Å². The number of amides is 1. The lowest BCUT2D eigenvalue weighted by Crippen LogP contribution is -2.32. The number of anilines is 1. The minimum atomic E-state index is -0.203. The van der Waals surface area contributed by atoms with E-state index in [1.165, 1.54) is 0 Å². The van der Waals surface area contributed by atoms with Crippen LogP contribution in [0.15, 0.2) is 42.5 Å². The average Bonchev–Trinajstić information content (AvgIpc) is 3.17. The van der Waals surface area contributed by atoms with Crippen LogP contribution in [-0.4, -0.2) is 30.5 Å². The first kappa shape index (κ1) is 16.7. The molecule has 2 fully saturated rings. The number of carbonyl (C=O) groups excluding carboxylic acids is 1. The number of nitrogens with zero attached hydrogens (tertiary/aromatic N) is 2. The van der Waals surface area contributed by atoms with Crippen molar-refractivity contribution in [1.82, 2.24) is 4.90 Å². The smallest absolute Gasteiger partial charge is 0.246 e. The Balaban J connectivity index is 1.87. The second-order valence-corrected chi connectivity index (χ2v) is 7.22. The molecule has 2 saturated heterocycles. The first-order chi connectivity index (χ1) is 12.1. The summed E-state index contributed by atoms with van der Waals surface area (Å²) in [4.78, 5) is 17.2. The van der Waals surface area contributed by atoms with Gasteiger partial charge in [0.05, 0.1) is 18.8 Å². The Morgan fingerprint density at radius 3 is 2.68 bits per heavy atom. The van der Waals surface area contributed by atoms with E-state index >= 15 is 0 Å². The molecule has 4 rings (SSSR count). The molecule has 2 aliphatic rings. The molecule has 2 aromatic carbocycles. The molecule has 0 N–H and O–H groups in total. The van der Waals surface area contributed by atoms with Gasteiger partial charge in [-0.25, -0.2) is 0 Å². The SMILES string of the molecule is COc1ccc(Cl)cc1N1C(=O)C2CCCN2C1c1cccc(Cl)c1. The summed E-state index contributed by atoms with van der Waals surface area (Å²) in [6.45, 7) is 0.882. The molecule has 2 heterocycles. The molecule has 2 unspecified atom stereocenters. The molecule has 1 amide bonds. The van der Waals surface area contributed by atoms with Gasteiger partial charge >= 0.3 is 0 Å². The third-order valence-electron chi connectivity index (χ3n) is 4.92. The van der Waals surface area contributed by atoms with E-state index in [-0.39, 0.29) is 18.1 Å². The van der Waals surface area contributed by atoms with Crippen LogP contribution in [0.3, 0.4) is 0 Å². The number of rotatable bonds is 3. The largest absolute Gasteiger partial charge is 0.495 e. The van der Waals surface area contributed by atoms with Crippen molar-refractivity contribution in [2.75, 3.05) is 18.6 Å². The van der Waals surface area contributed by atoms with E-state index in [0.29, 0.717) is 21.5 Å². The van der Waals surface area contributed by atoms with Crippen LogP contribution < -0.4 is 9.64 Å². The number of benzene rings is 2. The standard InChI is InChI=1S/C19H18Cl2N2O2/c1-25-17-8-7-14(21)11-16(17)23-18(12-4-2-5-13(20)10-12)22-9-3-6-15(22)19(23)24/h2,4-5,7-8,10-11,15,18H,3,6,9H2,1H3. The number of fused-ring (bicyclic) bond motifs is 1. The highest BCUT2D eigenvalue weighted by Crippen LogP contribution is 2.46. The van der Waals surface area contributed by atoms with E-state index in [1.54, 1.807) is 30.2 Å². The summed E-state index contributed by atoms with van der Waals surface area (Å²) in [5.74, 6) is 0.717. The normalized spacial score (nSPS) is 23.2. The number of hydrogen-bond acceptors (Lipinski definition) is 3. The fraction of sp³-hybridized carbons (Fsp3) is 0.316. The molecule has 25 heavy (non-hydrogen) atoms. The van der Waals surface area contributed by atoms with Crippen LogP contribution in [0.2, 0.25) is 10.0 Å². The van der Waals surface area contributed by atoms with Crippen LogP contribution in [-0.2, 0) is 4.79 Å². The molecule has 0 spiro atoms. The Morgan fingerprint density at radius 1 is 1.12 bits per heavy atom. The summed E-state index contributed by atoms with van der Waals surface area (Å²) >= 11 is 12.4. The first-order valence-electron chi connectivity index (χ1n) is 8.28. The highest BCUT2D eigenvalue weighted by molar-refractivity contribution is 6.31. The van der Waals surface area contributed by atoms with Gasteiger partial charge in [0.2, 0.25) is 5.91 Å². The lowest BCUT2D eigenvalue weighted by atomic mass is 10.1. The van der Waals surface area contributed by atoms with E-state index in [1.807, 2.05) is 24.3 Å². The maximum absolute atomic E-state index is 13.2. The molecule has 0 aliphatic carbocycles. The summed E-state index contributed by atoms with van der Waals surface area (Å²) in [7, 11) is 1.60. The molecule has 0 bridgehead atoms. The zero-order valence-corrected chi connectivity index (χ0v) is 15.3. The third kappa shape index (κ3) is 2.78. The van der Waals surface area contributed by atoms with Gasteiger partial charge in [0, 0.05) is 16.6 Å². The van der Waals surface area contributed by atoms with Crippen LogP contribution >= 0.6 is 23.2 Å². The second-order valence-electron chi connectivity index (χ2n) is 6.35. The highest BCUT2D eigenvalue weighted by atomic mass is 35.5. The Kier molecular flexibility index (Phi) is 4.36. The lowest BCUT2D eigenvalue weighted by molar-refractivity contribution is -0.119. The Morgan fingerprint density at radius 2 is 1.92 bits per heavy atom. The zero-order valence-electron chi connectivity index (χ0n) is 13.8. The summed E-state index contributed by atoms with van der Waals surface area (Å²) in [6, 6.07) is 12.9. The monoisotopic (exact) mass is 376 g/mol. The molecule has 2 aromatic rings. The Bertz CT molecular complexity index is 827. The Labute approximate surface area is 156 Å². The van der Waals surface area contributed by atoms with Gasteiger partial charge in [-0.3, -0.25) is 14.6 Å². The van der Waals surface area contributed by atoms with Crippen molar-refractivity contribution in [1.29, 1.82) is 0 Å². The molecule has 0 aromatic heterocycles. The fourth-order valence-corrected chi connectivity index (χ4v) is 4.25. The average molecular weight is 377 g/mol. The van der Waals surface area contributed by atoms with Crippen molar-refractivity contribution in [2.24, 2.45) is 0 Å². The van der Waals surface area contributed by atoms with Crippen molar-refractivity contribution >= 4 is 34.8 Å². The molecular formula is C19H18Cl2N2O2.